The van der Waals surface area contributed by atoms with E-state index >= 15 is 0 Å². The van der Waals surface area contributed by atoms with Crippen LogP contribution in [0, 0.1) is 0 Å². The highest BCUT2D eigenvalue weighted by atomic mass is 16.5. The zero-order valence-electron chi connectivity index (χ0n) is 10.6. The molecule has 0 aliphatic heterocycles. The monoisotopic (exact) mass is 249 g/mol. The van der Waals surface area contributed by atoms with Gasteiger partial charge in [-0.3, -0.25) is 0 Å². The van der Waals surface area contributed by atoms with Crippen LogP contribution in [0.25, 0.3) is 11.0 Å². The first kappa shape index (κ1) is 13.1. The van der Waals surface area contributed by atoms with Crippen LogP contribution >= 0.6 is 0 Å². The molecule has 4 heteroatoms. The van der Waals surface area contributed by atoms with Crippen molar-refractivity contribution in [2.75, 3.05) is 20.3 Å². The molecule has 1 heterocycles. The maximum absolute atomic E-state index is 5.70. The third-order valence-corrected chi connectivity index (χ3v) is 2.85. The third-order valence-electron chi connectivity index (χ3n) is 2.85. The summed E-state index contributed by atoms with van der Waals surface area (Å²) < 4.78 is 16.3. The van der Waals surface area contributed by atoms with Gasteiger partial charge in [0.2, 0.25) is 0 Å². The highest BCUT2D eigenvalue weighted by Crippen LogP contribution is 2.26. The largest absolute Gasteiger partial charge is 0.459 e. The Bertz CT molecular complexity index is 493. The Morgan fingerprint density at radius 1 is 1.22 bits per heavy atom. The Labute approximate surface area is 107 Å². The molecule has 98 valence electrons. The predicted molar refractivity (Wildman–Crippen MR) is 70.3 cm³/mol. The van der Waals surface area contributed by atoms with E-state index in [4.69, 9.17) is 19.6 Å². The fraction of sp³-hybridized carbons (Fsp3) is 0.429. The number of ether oxygens (including phenoxy) is 2. The van der Waals surface area contributed by atoms with Gasteiger partial charge in [0.15, 0.2) is 0 Å². The second-order valence-electron chi connectivity index (χ2n) is 4.10. The second-order valence-corrected chi connectivity index (χ2v) is 4.10. The predicted octanol–water partition coefficient (Wildman–Crippen LogP) is 2.44. The van der Waals surface area contributed by atoms with Crippen LogP contribution in [0.15, 0.2) is 28.7 Å². The molecule has 0 radical (unpaired) electrons. The summed E-state index contributed by atoms with van der Waals surface area (Å²) in [5.74, 6) is 0.808. The van der Waals surface area contributed by atoms with Crippen LogP contribution < -0.4 is 5.73 Å². The van der Waals surface area contributed by atoms with E-state index in [0.717, 1.165) is 35.3 Å². The van der Waals surface area contributed by atoms with Gasteiger partial charge in [0.05, 0.1) is 13.2 Å². The molecule has 0 aliphatic rings. The molecule has 1 aromatic heterocycles. The molecular weight excluding hydrogens is 230 g/mol. The number of benzene rings is 1. The minimum absolute atomic E-state index is 0.394. The summed E-state index contributed by atoms with van der Waals surface area (Å²) in [6, 6.07) is 7.93. The molecule has 0 spiro atoms. The van der Waals surface area contributed by atoms with E-state index in [0.29, 0.717) is 19.8 Å². The zero-order chi connectivity index (χ0) is 12.8. The molecule has 0 atom stereocenters. The molecule has 0 saturated heterocycles. The first-order valence-electron chi connectivity index (χ1n) is 6.13. The average molecular weight is 249 g/mol. The number of rotatable bonds is 7. The fourth-order valence-corrected chi connectivity index (χ4v) is 1.95. The van der Waals surface area contributed by atoms with E-state index in [1.54, 1.807) is 7.11 Å². The lowest BCUT2D eigenvalue weighted by molar-refractivity contribution is 0.0925. The van der Waals surface area contributed by atoms with Crippen LogP contribution in [0.3, 0.4) is 0 Å². The summed E-state index contributed by atoms with van der Waals surface area (Å²) in [4.78, 5) is 0. The molecule has 0 amide bonds. The number of para-hydroxylation sites is 1. The van der Waals surface area contributed by atoms with E-state index in [2.05, 4.69) is 0 Å². The van der Waals surface area contributed by atoms with Crippen molar-refractivity contribution < 1.29 is 13.9 Å². The maximum Gasteiger partial charge on any atom is 0.134 e. The van der Waals surface area contributed by atoms with Gasteiger partial charge in [-0.15, -0.1) is 0 Å². The van der Waals surface area contributed by atoms with Gasteiger partial charge in [-0.05, 0) is 12.5 Å². The highest BCUT2D eigenvalue weighted by molar-refractivity contribution is 5.82. The van der Waals surface area contributed by atoms with Gasteiger partial charge in [0.1, 0.15) is 11.3 Å². The number of hydrogen-bond donors (Lipinski definition) is 1. The summed E-state index contributed by atoms with van der Waals surface area (Å²) in [7, 11) is 1.69. The minimum Gasteiger partial charge on any atom is -0.459 e. The molecule has 0 unspecified atom stereocenters. The lowest BCUT2D eigenvalue weighted by atomic mass is 10.1. The molecule has 1 aromatic carbocycles. The molecule has 2 N–H and O–H groups in total. The maximum atomic E-state index is 5.70. The molecule has 18 heavy (non-hydrogen) atoms. The quantitative estimate of drug-likeness (QED) is 0.766. The highest BCUT2D eigenvalue weighted by Gasteiger charge is 2.12. The van der Waals surface area contributed by atoms with E-state index in [9.17, 15) is 0 Å². The Morgan fingerprint density at radius 2 is 2.06 bits per heavy atom. The molecule has 2 aromatic rings. The van der Waals surface area contributed by atoms with Crippen molar-refractivity contribution in [3.63, 3.8) is 0 Å². The number of furan rings is 1. The van der Waals surface area contributed by atoms with Crippen molar-refractivity contribution in [2.45, 2.75) is 19.6 Å². The van der Waals surface area contributed by atoms with Gasteiger partial charge in [0, 0.05) is 31.3 Å². The summed E-state index contributed by atoms with van der Waals surface area (Å²) in [6.07, 6.45) is 0.893. The summed E-state index contributed by atoms with van der Waals surface area (Å²) in [5.41, 5.74) is 7.63. The molecule has 0 bridgehead atoms. The van der Waals surface area contributed by atoms with Crippen molar-refractivity contribution >= 4 is 11.0 Å². The van der Waals surface area contributed by atoms with Crippen molar-refractivity contribution in [1.29, 1.82) is 0 Å². The topological polar surface area (TPSA) is 57.6 Å². The van der Waals surface area contributed by atoms with Gasteiger partial charge in [-0.1, -0.05) is 18.2 Å². The van der Waals surface area contributed by atoms with Crippen LogP contribution in [0.1, 0.15) is 17.7 Å². The van der Waals surface area contributed by atoms with Gasteiger partial charge in [0.25, 0.3) is 0 Å². The third kappa shape index (κ3) is 2.90. The first-order chi connectivity index (χ1) is 8.86. The van der Waals surface area contributed by atoms with Gasteiger partial charge < -0.3 is 19.6 Å². The van der Waals surface area contributed by atoms with Gasteiger partial charge in [-0.25, -0.2) is 0 Å². The number of methoxy groups -OCH3 is 1. The van der Waals surface area contributed by atoms with Gasteiger partial charge >= 0.3 is 0 Å². The minimum atomic E-state index is 0.394. The van der Waals surface area contributed by atoms with Crippen LogP contribution in [-0.2, 0) is 22.6 Å². The fourth-order valence-electron chi connectivity index (χ4n) is 1.95. The number of fused-ring (bicyclic) bond motifs is 1. The molecule has 0 fully saturated rings. The van der Waals surface area contributed by atoms with Crippen molar-refractivity contribution in [3.8, 4) is 0 Å². The Kier molecular flexibility index (Phi) is 4.75. The normalized spacial score (nSPS) is 11.2. The summed E-state index contributed by atoms with van der Waals surface area (Å²) in [5, 5.41) is 1.09. The van der Waals surface area contributed by atoms with Crippen LogP contribution in [0.4, 0.5) is 0 Å². The lowest BCUT2D eigenvalue weighted by Crippen LogP contribution is -2.03. The smallest absolute Gasteiger partial charge is 0.134 e. The molecule has 4 nitrogen and oxygen atoms in total. The van der Waals surface area contributed by atoms with E-state index in [1.807, 2.05) is 24.3 Å². The Balaban J connectivity index is 2.06. The lowest BCUT2D eigenvalue weighted by Gasteiger charge is -2.04. The van der Waals surface area contributed by atoms with Crippen molar-refractivity contribution in [2.24, 2.45) is 5.73 Å². The van der Waals surface area contributed by atoms with Crippen LogP contribution in [0.5, 0.6) is 0 Å². The van der Waals surface area contributed by atoms with Crippen LogP contribution in [-0.4, -0.2) is 20.3 Å². The Hall–Kier alpha value is -1.36. The second kappa shape index (κ2) is 6.54. The summed E-state index contributed by atoms with van der Waals surface area (Å²) in [6.45, 7) is 2.33. The standard InChI is InChI=1S/C14H19NO3/c1-16-7-4-8-17-10-12-11-5-2-3-6-13(11)18-14(12)9-15/h2-3,5-6H,4,7-10,15H2,1H3. The summed E-state index contributed by atoms with van der Waals surface area (Å²) >= 11 is 0. The van der Waals surface area contributed by atoms with Crippen LogP contribution in [0.2, 0.25) is 0 Å². The average Bonchev–Trinajstić information content (AvgIpc) is 2.77. The first-order valence-corrected chi connectivity index (χ1v) is 6.13. The van der Waals surface area contributed by atoms with E-state index in [-0.39, 0.29) is 0 Å². The number of hydrogen-bond acceptors (Lipinski definition) is 4. The molecule has 0 aliphatic carbocycles. The van der Waals surface area contributed by atoms with Crippen molar-refractivity contribution in [3.05, 3.63) is 35.6 Å². The SMILES string of the molecule is COCCCOCc1c(CN)oc2ccccc12. The Morgan fingerprint density at radius 3 is 2.83 bits per heavy atom. The van der Waals surface area contributed by atoms with Gasteiger partial charge in [-0.2, -0.15) is 0 Å². The molecular formula is C14H19NO3. The van der Waals surface area contributed by atoms with E-state index in [1.165, 1.54) is 0 Å². The molecule has 2 rings (SSSR count). The van der Waals surface area contributed by atoms with E-state index < -0.39 is 0 Å². The molecule has 0 saturated carbocycles. The zero-order valence-corrected chi connectivity index (χ0v) is 10.6. The number of nitrogens with two attached hydrogens (primary N) is 1. The van der Waals surface area contributed by atoms with Crippen molar-refractivity contribution in [1.82, 2.24) is 0 Å².